The number of rotatable bonds is 6. The van der Waals surface area contributed by atoms with E-state index in [1.807, 2.05) is 12.1 Å². The third kappa shape index (κ3) is 5.66. The summed E-state index contributed by atoms with van der Waals surface area (Å²) in [7, 11) is 0. The molecule has 0 atom stereocenters. The summed E-state index contributed by atoms with van der Waals surface area (Å²) < 4.78 is 19.8. The highest BCUT2D eigenvalue weighted by Crippen LogP contribution is 2.34. The standard InChI is InChI=1S/C21H20Cl2FN3O2S.ClH/c22-16-3-1-4-18-19(16)25-21(30-18)27(8-2-7-26-9-11-29-12-10-26)20(28)15-6-5-14(24)13-17(15)23;/h1,3-6,13H,2,7-12H2;1H. The van der Waals surface area contributed by atoms with Crippen LogP contribution in [0.25, 0.3) is 10.2 Å². The van der Waals surface area contributed by atoms with E-state index in [1.165, 1.54) is 23.5 Å². The van der Waals surface area contributed by atoms with Crippen LogP contribution in [0, 0.1) is 5.82 Å². The number of hydrogen-bond acceptors (Lipinski definition) is 5. The van der Waals surface area contributed by atoms with E-state index in [0.717, 1.165) is 50.0 Å². The van der Waals surface area contributed by atoms with Crippen molar-refractivity contribution in [2.75, 3.05) is 44.3 Å². The highest BCUT2D eigenvalue weighted by atomic mass is 35.5. The molecule has 2 heterocycles. The zero-order chi connectivity index (χ0) is 21.1. The summed E-state index contributed by atoms with van der Waals surface area (Å²) >= 11 is 13.8. The number of anilines is 1. The molecule has 1 saturated heterocycles. The van der Waals surface area contributed by atoms with Gasteiger partial charge in [0.2, 0.25) is 0 Å². The average molecular weight is 505 g/mol. The molecule has 1 aliphatic rings. The molecule has 0 unspecified atom stereocenters. The van der Waals surface area contributed by atoms with E-state index in [2.05, 4.69) is 9.88 Å². The predicted octanol–water partition coefficient (Wildman–Crippen LogP) is 5.53. The number of ether oxygens (including phenoxy) is 1. The Bertz CT molecular complexity index is 1060. The number of benzene rings is 2. The number of amides is 1. The molecule has 0 aliphatic carbocycles. The number of fused-ring (bicyclic) bond motifs is 1. The van der Waals surface area contributed by atoms with Crippen LogP contribution >= 0.6 is 46.9 Å². The molecule has 2 aromatic carbocycles. The van der Waals surface area contributed by atoms with E-state index in [4.69, 9.17) is 27.9 Å². The molecule has 4 rings (SSSR count). The molecule has 0 saturated carbocycles. The van der Waals surface area contributed by atoms with Crippen molar-refractivity contribution in [1.29, 1.82) is 0 Å². The first kappa shape index (κ1) is 24.2. The Balaban J connectivity index is 0.00000272. The fourth-order valence-corrected chi connectivity index (χ4v) is 4.93. The Hall–Kier alpha value is -1.48. The lowest BCUT2D eigenvalue weighted by atomic mass is 10.2. The van der Waals surface area contributed by atoms with E-state index in [9.17, 15) is 9.18 Å². The molecule has 3 aromatic rings. The number of carbonyl (C=O) groups is 1. The summed E-state index contributed by atoms with van der Waals surface area (Å²) in [6, 6.07) is 9.35. The zero-order valence-corrected chi connectivity index (χ0v) is 19.7. The second-order valence-electron chi connectivity index (χ2n) is 6.97. The van der Waals surface area contributed by atoms with Gasteiger partial charge >= 0.3 is 0 Å². The molecule has 0 bridgehead atoms. The first-order valence-corrected chi connectivity index (χ1v) is 11.2. The van der Waals surface area contributed by atoms with Gasteiger partial charge in [0.05, 0.1) is 33.5 Å². The van der Waals surface area contributed by atoms with E-state index in [1.54, 1.807) is 11.0 Å². The quantitative estimate of drug-likeness (QED) is 0.443. The van der Waals surface area contributed by atoms with Gasteiger partial charge in [0.25, 0.3) is 5.91 Å². The van der Waals surface area contributed by atoms with Crippen LogP contribution in [0.4, 0.5) is 9.52 Å². The highest BCUT2D eigenvalue weighted by Gasteiger charge is 2.24. The number of halogens is 4. The van der Waals surface area contributed by atoms with Crippen LogP contribution in [0.2, 0.25) is 10.0 Å². The number of nitrogens with zero attached hydrogens (tertiary/aromatic N) is 3. The van der Waals surface area contributed by atoms with Gasteiger partial charge in [0, 0.05) is 26.2 Å². The van der Waals surface area contributed by atoms with Crippen molar-refractivity contribution >= 4 is 68.2 Å². The molecule has 1 aromatic heterocycles. The lowest BCUT2D eigenvalue weighted by Gasteiger charge is -2.27. The monoisotopic (exact) mass is 503 g/mol. The minimum absolute atomic E-state index is 0. The summed E-state index contributed by atoms with van der Waals surface area (Å²) in [6.45, 7) is 4.52. The summed E-state index contributed by atoms with van der Waals surface area (Å²) in [5.74, 6) is -0.792. The van der Waals surface area contributed by atoms with E-state index < -0.39 is 5.82 Å². The Kier molecular flexibility index (Phi) is 8.50. The Labute approximate surface area is 200 Å². The van der Waals surface area contributed by atoms with Crippen LogP contribution in [0.15, 0.2) is 36.4 Å². The van der Waals surface area contributed by atoms with Crippen LogP contribution < -0.4 is 4.90 Å². The molecule has 0 radical (unpaired) electrons. The van der Waals surface area contributed by atoms with Crippen molar-refractivity contribution in [2.45, 2.75) is 6.42 Å². The summed E-state index contributed by atoms with van der Waals surface area (Å²) in [4.78, 5) is 21.9. The van der Waals surface area contributed by atoms with Gasteiger partial charge in [-0.15, -0.1) is 12.4 Å². The van der Waals surface area contributed by atoms with Gasteiger partial charge in [-0.3, -0.25) is 14.6 Å². The van der Waals surface area contributed by atoms with Gasteiger partial charge in [-0.25, -0.2) is 9.37 Å². The van der Waals surface area contributed by atoms with Crippen LogP contribution in [0.1, 0.15) is 16.8 Å². The topological polar surface area (TPSA) is 45.7 Å². The first-order chi connectivity index (χ1) is 14.5. The van der Waals surface area contributed by atoms with Gasteiger partial charge in [-0.1, -0.05) is 40.6 Å². The second kappa shape index (κ2) is 10.9. The van der Waals surface area contributed by atoms with Crippen molar-refractivity contribution < 1.29 is 13.9 Å². The first-order valence-electron chi connectivity index (χ1n) is 9.65. The molecule has 31 heavy (non-hydrogen) atoms. The minimum atomic E-state index is -0.484. The van der Waals surface area contributed by atoms with Gasteiger partial charge in [0.15, 0.2) is 5.13 Å². The number of aromatic nitrogens is 1. The second-order valence-corrected chi connectivity index (χ2v) is 8.80. The van der Waals surface area contributed by atoms with Gasteiger partial charge in [-0.2, -0.15) is 0 Å². The molecule has 1 fully saturated rings. The van der Waals surface area contributed by atoms with Crippen molar-refractivity contribution in [1.82, 2.24) is 9.88 Å². The van der Waals surface area contributed by atoms with Crippen LogP contribution in [0.3, 0.4) is 0 Å². The largest absolute Gasteiger partial charge is 0.379 e. The Morgan fingerprint density at radius 3 is 2.68 bits per heavy atom. The predicted molar refractivity (Wildman–Crippen MR) is 127 cm³/mol. The zero-order valence-electron chi connectivity index (χ0n) is 16.5. The molecule has 5 nitrogen and oxygen atoms in total. The third-order valence-corrected chi connectivity index (χ3v) is 6.62. The van der Waals surface area contributed by atoms with Gasteiger partial charge in [0.1, 0.15) is 11.3 Å². The average Bonchev–Trinajstić information content (AvgIpc) is 3.17. The molecular weight excluding hydrogens is 484 g/mol. The van der Waals surface area contributed by atoms with Crippen LogP contribution in [-0.4, -0.2) is 55.2 Å². The lowest BCUT2D eigenvalue weighted by Crippen LogP contribution is -2.39. The van der Waals surface area contributed by atoms with Crippen LogP contribution in [0.5, 0.6) is 0 Å². The van der Waals surface area contributed by atoms with Crippen molar-refractivity contribution in [3.63, 3.8) is 0 Å². The minimum Gasteiger partial charge on any atom is -0.379 e. The van der Waals surface area contributed by atoms with E-state index in [0.29, 0.717) is 22.2 Å². The Morgan fingerprint density at radius 1 is 1.19 bits per heavy atom. The molecule has 1 aliphatic heterocycles. The molecule has 0 spiro atoms. The summed E-state index contributed by atoms with van der Waals surface area (Å²) in [6.07, 6.45) is 0.758. The van der Waals surface area contributed by atoms with E-state index >= 15 is 0 Å². The number of morpholine rings is 1. The number of hydrogen-bond donors (Lipinski definition) is 0. The van der Waals surface area contributed by atoms with E-state index in [-0.39, 0.29) is 28.9 Å². The van der Waals surface area contributed by atoms with Gasteiger partial charge < -0.3 is 4.74 Å². The smallest absolute Gasteiger partial charge is 0.261 e. The third-order valence-electron chi connectivity index (χ3n) is 4.96. The molecule has 1 amide bonds. The normalized spacial score (nSPS) is 14.4. The number of para-hydroxylation sites is 1. The molecular formula is C21H21Cl3FN3O2S. The van der Waals surface area contributed by atoms with Crippen LogP contribution in [-0.2, 0) is 4.74 Å². The molecule has 0 N–H and O–H groups in total. The molecule has 10 heteroatoms. The fraction of sp³-hybridized carbons (Fsp3) is 0.333. The Morgan fingerprint density at radius 2 is 1.97 bits per heavy atom. The van der Waals surface area contributed by atoms with Crippen molar-refractivity contribution in [3.8, 4) is 0 Å². The van der Waals surface area contributed by atoms with Crippen molar-refractivity contribution in [3.05, 3.63) is 57.8 Å². The maximum atomic E-state index is 13.5. The number of carbonyl (C=O) groups excluding carboxylic acids is 1. The fourth-order valence-electron chi connectivity index (χ4n) is 3.39. The molecule has 166 valence electrons. The summed E-state index contributed by atoms with van der Waals surface area (Å²) in [5, 5.41) is 1.17. The SMILES string of the molecule is Cl.O=C(c1ccc(F)cc1Cl)N(CCCN1CCOCC1)c1nc2c(Cl)cccc2s1. The lowest BCUT2D eigenvalue weighted by molar-refractivity contribution is 0.0376. The van der Waals surface area contributed by atoms with Gasteiger partial charge in [-0.05, 0) is 36.8 Å². The maximum Gasteiger partial charge on any atom is 0.261 e. The highest BCUT2D eigenvalue weighted by molar-refractivity contribution is 7.22. The number of thiazole rings is 1. The van der Waals surface area contributed by atoms with Crippen molar-refractivity contribution in [2.24, 2.45) is 0 Å². The maximum absolute atomic E-state index is 13.5. The summed E-state index contributed by atoms with van der Waals surface area (Å²) in [5.41, 5.74) is 0.908.